The molecule has 1 saturated heterocycles. The van der Waals surface area contributed by atoms with E-state index in [2.05, 4.69) is 5.92 Å². The van der Waals surface area contributed by atoms with Gasteiger partial charge in [-0.1, -0.05) is 0 Å². The Hall–Kier alpha value is -1.17. The summed E-state index contributed by atoms with van der Waals surface area (Å²) in [6.07, 6.45) is 8.05. The number of rotatable bonds is 0. The van der Waals surface area contributed by atoms with Gasteiger partial charge in [0.1, 0.15) is 5.60 Å². The Morgan fingerprint density at radius 2 is 2.06 bits per heavy atom. The van der Waals surface area contributed by atoms with Crippen LogP contribution >= 0.6 is 0 Å². The molecule has 0 bridgehead atoms. The van der Waals surface area contributed by atoms with Crippen molar-refractivity contribution in [2.45, 2.75) is 45.6 Å². The number of amides is 1. The fourth-order valence-corrected chi connectivity index (χ4v) is 1.77. The van der Waals surface area contributed by atoms with Crippen molar-refractivity contribution in [3.63, 3.8) is 0 Å². The molecule has 90 valence electrons. The van der Waals surface area contributed by atoms with Crippen molar-refractivity contribution in [3.05, 3.63) is 0 Å². The molecule has 3 nitrogen and oxygen atoms in total. The first-order chi connectivity index (χ1) is 7.42. The molecule has 0 saturated carbocycles. The summed E-state index contributed by atoms with van der Waals surface area (Å²) >= 11 is 0. The topological polar surface area (TPSA) is 29.5 Å². The van der Waals surface area contributed by atoms with Gasteiger partial charge in [0.25, 0.3) is 0 Å². The zero-order valence-electron chi connectivity index (χ0n) is 10.5. The van der Waals surface area contributed by atoms with Gasteiger partial charge in [-0.2, -0.15) is 0 Å². The lowest BCUT2D eigenvalue weighted by atomic mass is 10.0. The van der Waals surface area contributed by atoms with Crippen molar-refractivity contribution in [1.82, 2.24) is 4.90 Å². The highest BCUT2D eigenvalue weighted by Gasteiger charge is 2.24. The van der Waals surface area contributed by atoms with Crippen LogP contribution in [0.15, 0.2) is 0 Å². The van der Waals surface area contributed by atoms with Crippen LogP contribution < -0.4 is 0 Å². The first-order valence-electron chi connectivity index (χ1n) is 5.86. The smallest absolute Gasteiger partial charge is 0.410 e. The Morgan fingerprint density at radius 1 is 1.38 bits per heavy atom. The van der Waals surface area contributed by atoms with Crippen LogP contribution in [-0.2, 0) is 4.74 Å². The molecule has 1 fully saturated rings. The number of carbonyl (C=O) groups excluding carboxylic acids is 1. The van der Waals surface area contributed by atoms with Crippen LogP contribution in [0.5, 0.6) is 0 Å². The lowest BCUT2D eigenvalue weighted by molar-refractivity contribution is 0.0256. The number of hydrogen-bond acceptors (Lipinski definition) is 2. The molecule has 0 N–H and O–H groups in total. The monoisotopic (exact) mass is 223 g/mol. The summed E-state index contributed by atoms with van der Waals surface area (Å²) in [5, 5.41) is 0. The van der Waals surface area contributed by atoms with Gasteiger partial charge in [-0.3, -0.25) is 0 Å². The molecule has 1 aliphatic heterocycles. The molecular formula is C13H21NO2. The molecule has 0 aromatic heterocycles. The highest BCUT2D eigenvalue weighted by Crippen LogP contribution is 2.18. The van der Waals surface area contributed by atoms with Gasteiger partial charge in [0.2, 0.25) is 0 Å². The summed E-state index contributed by atoms with van der Waals surface area (Å²) in [6, 6.07) is 0. The predicted octanol–water partition coefficient (Wildman–Crippen LogP) is 2.66. The molecule has 0 aliphatic carbocycles. The third kappa shape index (κ3) is 4.14. The first kappa shape index (κ1) is 12.9. The van der Waals surface area contributed by atoms with Gasteiger partial charge in [0.05, 0.1) is 0 Å². The lowest BCUT2D eigenvalue weighted by Gasteiger charge is -2.26. The Morgan fingerprint density at radius 3 is 2.62 bits per heavy atom. The van der Waals surface area contributed by atoms with Crippen LogP contribution in [0.25, 0.3) is 0 Å². The summed E-state index contributed by atoms with van der Waals surface area (Å²) in [7, 11) is 0. The maximum absolute atomic E-state index is 11.8. The molecule has 1 atom stereocenters. The van der Waals surface area contributed by atoms with Gasteiger partial charge in [0.15, 0.2) is 0 Å². The van der Waals surface area contributed by atoms with E-state index in [1.807, 2.05) is 20.8 Å². The molecule has 3 heteroatoms. The number of nitrogens with zero attached hydrogens (tertiary/aromatic N) is 1. The van der Waals surface area contributed by atoms with Gasteiger partial charge in [0, 0.05) is 19.0 Å². The Balaban J connectivity index is 2.49. The van der Waals surface area contributed by atoms with E-state index in [0.717, 1.165) is 25.8 Å². The number of likely N-dealkylation sites (tertiary alicyclic amines) is 1. The van der Waals surface area contributed by atoms with E-state index >= 15 is 0 Å². The zero-order valence-corrected chi connectivity index (χ0v) is 10.5. The molecule has 16 heavy (non-hydrogen) atoms. The molecule has 1 unspecified atom stereocenters. The molecule has 1 rings (SSSR count). The zero-order chi connectivity index (χ0) is 12.2. The van der Waals surface area contributed by atoms with E-state index in [1.165, 1.54) is 0 Å². The second kappa shape index (κ2) is 5.25. The van der Waals surface area contributed by atoms with Crippen LogP contribution in [0.4, 0.5) is 4.79 Å². The van der Waals surface area contributed by atoms with Crippen LogP contribution in [0, 0.1) is 18.3 Å². The minimum absolute atomic E-state index is 0.217. The fourth-order valence-electron chi connectivity index (χ4n) is 1.77. The third-order valence-electron chi connectivity index (χ3n) is 2.62. The largest absolute Gasteiger partial charge is 0.444 e. The molecule has 0 aromatic rings. The number of hydrogen-bond donors (Lipinski definition) is 0. The SMILES string of the molecule is C#CC1CCCN(C(=O)OC(C)(C)C)CC1. The summed E-state index contributed by atoms with van der Waals surface area (Å²) in [5.74, 6) is 3.09. The van der Waals surface area contributed by atoms with Gasteiger partial charge in [-0.25, -0.2) is 4.79 Å². The van der Waals surface area contributed by atoms with Crippen molar-refractivity contribution in [2.24, 2.45) is 5.92 Å². The molecule has 1 heterocycles. The van der Waals surface area contributed by atoms with Crippen LogP contribution in [0.3, 0.4) is 0 Å². The van der Waals surface area contributed by atoms with Crippen molar-refractivity contribution >= 4 is 6.09 Å². The Bertz CT molecular complexity index is 285. The Labute approximate surface area is 98.1 Å². The van der Waals surface area contributed by atoms with Gasteiger partial charge >= 0.3 is 6.09 Å². The summed E-state index contributed by atoms with van der Waals surface area (Å²) in [5.41, 5.74) is -0.422. The third-order valence-corrected chi connectivity index (χ3v) is 2.62. The highest BCUT2D eigenvalue weighted by molar-refractivity contribution is 5.68. The van der Waals surface area contributed by atoms with E-state index in [-0.39, 0.29) is 6.09 Å². The van der Waals surface area contributed by atoms with Crippen molar-refractivity contribution < 1.29 is 9.53 Å². The van der Waals surface area contributed by atoms with Crippen LogP contribution in [-0.4, -0.2) is 29.7 Å². The van der Waals surface area contributed by atoms with E-state index in [1.54, 1.807) is 4.90 Å². The van der Waals surface area contributed by atoms with Crippen molar-refractivity contribution in [2.75, 3.05) is 13.1 Å². The number of ether oxygens (including phenoxy) is 1. The predicted molar refractivity (Wildman–Crippen MR) is 64.0 cm³/mol. The van der Waals surface area contributed by atoms with E-state index in [0.29, 0.717) is 12.5 Å². The van der Waals surface area contributed by atoms with E-state index < -0.39 is 5.60 Å². The number of carbonyl (C=O) groups is 1. The van der Waals surface area contributed by atoms with Gasteiger partial charge < -0.3 is 9.64 Å². The lowest BCUT2D eigenvalue weighted by Crippen LogP contribution is -2.37. The van der Waals surface area contributed by atoms with Crippen LogP contribution in [0.1, 0.15) is 40.0 Å². The van der Waals surface area contributed by atoms with Crippen molar-refractivity contribution in [1.29, 1.82) is 0 Å². The second-order valence-electron chi connectivity index (χ2n) is 5.26. The number of terminal acetylenes is 1. The average Bonchev–Trinajstić information content (AvgIpc) is 2.39. The van der Waals surface area contributed by atoms with E-state index in [4.69, 9.17) is 11.2 Å². The molecule has 1 aliphatic rings. The maximum atomic E-state index is 11.8. The van der Waals surface area contributed by atoms with E-state index in [9.17, 15) is 4.79 Å². The normalized spacial score (nSPS) is 22.1. The second-order valence-corrected chi connectivity index (χ2v) is 5.26. The van der Waals surface area contributed by atoms with Crippen molar-refractivity contribution in [3.8, 4) is 12.3 Å². The molecule has 1 amide bonds. The maximum Gasteiger partial charge on any atom is 0.410 e. The molecule has 0 aromatic carbocycles. The first-order valence-corrected chi connectivity index (χ1v) is 5.86. The Kier molecular flexibility index (Phi) is 4.23. The highest BCUT2D eigenvalue weighted by atomic mass is 16.6. The van der Waals surface area contributed by atoms with Crippen LogP contribution in [0.2, 0.25) is 0 Å². The molecule has 0 spiro atoms. The fraction of sp³-hybridized carbons (Fsp3) is 0.769. The summed E-state index contributed by atoms with van der Waals surface area (Å²) in [4.78, 5) is 13.6. The quantitative estimate of drug-likeness (QED) is 0.591. The average molecular weight is 223 g/mol. The summed E-state index contributed by atoms with van der Waals surface area (Å²) in [6.45, 7) is 7.11. The molecular weight excluding hydrogens is 202 g/mol. The minimum atomic E-state index is -0.422. The molecule has 0 radical (unpaired) electrons. The minimum Gasteiger partial charge on any atom is -0.444 e. The van der Waals surface area contributed by atoms with Gasteiger partial charge in [-0.05, 0) is 40.0 Å². The standard InChI is InChI=1S/C13H21NO2/c1-5-11-7-6-9-14(10-8-11)12(15)16-13(2,3)4/h1,11H,6-10H2,2-4H3. The van der Waals surface area contributed by atoms with Gasteiger partial charge in [-0.15, -0.1) is 12.3 Å². The summed E-state index contributed by atoms with van der Waals surface area (Å²) < 4.78 is 5.34.